The van der Waals surface area contributed by atoms with Gasteiger partial charge in [-0.1, -0.05) is 23.2 Å². The summed E-state index contributed by atoms with van der Waals surface area (Å²) in [5.74, 6) is -0.00540. The first-order valence-corrected chi connectivity index (χ1v) is 6.15. The van der Waals surface area contributed by atoms with Crippen LogP contribution in [0.15, 0.2) is 21.6 Å². The van der Waals surface area contributed by atoms with E-state index in [0.717, 1.165) is 16.1 Å². The van der Waals surface area contributed by atoms with Crippen molar-refractivity contribution in [1.29, 1.82) is 5.41 Å². The molecule has 2 aromatic rings. The van der Waals surface area contributed by atoms with E-state index in [1.807, 2.05) is 0 Å². The summed E-state index contributed by atoms with van der Waals surface area (Å²) in [5, 5.41) is 18.3. The number of halogens is 3. The fourth-order valence-electron chi connectivity index (χ4n) is 1.52. The molecule has 0 radical (unpaired) electrons. The van der Waals surface area contributed by atoms with Gasteiger partial charge in [-0.05, 0) is 34.1 Å². The van der Waals surface area contributed by atoms with Crippen LogP contribution >= 0.6 is 39.1 Å². The molecular weight excluding hydrogens is 327 g/mol. The van der Waals surface area contributed by atoms with Crippen molar-refractivity contribution in [2.24, 2.45) is 0 Å². The van der Waals surface area contributed by atoms with Gasteiger partial charge in [0.05, 0.1) is 15.6 Å². The van der Waals surface area contributed by atoms with Crippen molar-refractivity contribution in [2.75, 3.05) is 0 Å². The smallest absolute Gasteiger partial charge is 0.196 e. The third-order valence-corrected chi connectivity index (χ3v) is 3.69. The van der Waals surface area contributed by atoms with Gasteiger partial charge in [-0.2, -0.15) is 0 Å². The molecule has 0 spiro atoms. The lowest BCUT2D eigenvalue weighted by molar-refractivity contribution is 0.457. The number of fused-ring (bicyclic) bond motifs is 1. The molecule has 0 fully saturated rings. The number of H-pyrrole nitrogens is 1. The van der Waals surface area contributed by atoms with E-state index in [-0.39, 0.29) is 10.9 Å². The van der Waals surface area contributed by atoms with Crippen LogP contribution in [0, 0.1) is 5.41 Å². The molecule has 0 atom stereocenters. The largest absolute Gasteiger partial charge is 0.494 e. The molecule has 6 heteroatoms. The molecule has 0 unspecified atom stereocenters. The van der Waals surface area contributed by atoms with E-state index in [4.69, 9.17) is 28.6 Å². The van der Waals surface area contributed by atoms with Gasteiger partial charge in [0.1, 0.15) is 0 Å². The molecule has 3 nitrogen and oxygen atoms in total. The summed E-state index contributed by atoms with van der Waals surface area (Å²) in [6.07, 6.45) is 2.52. The summed E-state index contributed by atoms with van der Waals surface area (Å²) < 4.78 is 0.728. The maximum atomic E-state index is 9.77. The van der Waals surface area contributed by atoms with Crippen LogP contribution in [-0.4, -0.2) is 16.3 Å². The quantitative estimate of drug-likeness (QED) is 0.695. The van der Waals surface area contributed by atoms with Crippen LogP contribution in [-0.2, 0) is 0 Å². The highest BCUT2D eigenvalue weighted by Gasteiger charge is 2.11. The van der Waals surface area contributed by atoms with Crippen LogP contribution in [0.4, 0.5) is 0 Å². The predicted octanol–water partition coefficient (Wildman–Crippen LogP) is 4.52. The molecule has 3 N–H and O–H groups in total. The number of hydrogen-bond donors (Lipinski definition) is 3. The monoisotopic (exact) mass is 332 g/mol. The summed E-state index contributed by atoms with van der Waals surface area (Å²) in [7, 11) is 0. The number of allylic oxidation sites excluding steroid dienone is 1. The Bertz CT molecular complexity index is 634. The van der Waals surface area contributed by atoms with Crippen molar-refractivity contribution >= 4 is 62.3 Å². The molecule has 1 aromatic carbocycles. The molecular formula is C11H7BrCl2N2O. The summed E-state index contributed by atoms with van der Waals surface area (Å²) in [6.45, 7) is 0. The second-order valence-electron chi connectivity index (χ2n) is 3.37. The number of nitrogens with one attached hydrogen (secondary N) is 2. The molecule has 0 saturated carbocycles. The first kappa shape index (κ1) is 12.5. The average Bonchev–Trinajstić information content (AvgIpc) is 2.56. The van der Waals surface area contributed by atoms with Gasteiger partial charge < -0.3 is 15.5 Å². The van der Waals surface area contributed by atoms with Gasteiger partial charge in [-0.15, -0.1) is 0 Å². The van der Waals surface area contributed by atoms with Crippen LogP contribution in [0.1, 0.15) is 5.56 Å². The topological polar surface area (TPSA) is 59.9 Å². The van der Waals surface area contributed by atoms with Crippen LogP contribution in [0.25, 0.3) is 17.0 Å². The van der Waals surface area contributed by atoms with Crippen molar-refractivity contribution < 1.29 is 5.11 Å². The van der Waals surface area contributed by atoms with E-state index in [0.29, 0.717) is 16.1 Å². The zero-order valence-electron chi connectivity index (χ0n) is 8.39. The third-order valence-electron chi connectivity index (χ3n) is 2.28. The second kappa shape index (κ2) is 4.72. The van der Waals surface area contributed by atoms with Gasteiger partial charge >= 0.3 is 0 Å². The Hall–Kier alpha value is -0.970. The van der Waals surface area contributed by atoms with E-state index in [2.05, 4.69) is 20.9 Å². The molecule has 2 rings (SSSR count). The molecule has 0 bridgehead atoms. The fourth-order valence-corrected chi connectivity index (χ4v) is 2.14. The van der Waals surface area contributed by atoms with Gasteiger partial charge in [-0.25, -0.2) is 0 Å². The highest BCUT2D eigenvalue weighted by atomic mass is 79.9. The van der Waals surface area contributed by atoms with Crippen molar-refractivity contribution in [2.45, 2.75) is 0 Å². The molecule has 0 aliphatic carbocycles. The van der Waals surface area contributed by atoms with Gasteiger partial charge in [0.2, 0.25) is 0 Å². The highest BCUT2D eigenvalue weighted by Crippen LogP contribution is 2.35. The van der Waals surface area contributed by atoms with Crippen molar-refractivity contribution in [1.82, 2.24) is 4.98 Å². The predicted molar refractivity (Wildman–Crippen MR) is 75.3 cm³/mol. The van der Waals surface area contributed by atoms with Crippen molar-refractivity contribution in [3.8, 4) is 5.88 Å². The maximum absolute atomic E-state index is 9.77. The zero-order valence-corrected chi connectivity index (χ0v) is 11.5. The lowest BCUT2D eigenvalue weighted by atomic mass is 10.1. The summed E-state index contributed by atoms with van der Waals surface area (Å²) in [4.78, 5) is 2.80. The second-order valence-corrected chi connectivity index (χ2v) is 5.07. The number of hydrogen-bond acceptors (Lipinski definition) is 2. The molecule has 0 aliphatic heterocycles. The number of benzene rings is 1. The molecule has 17 heavy (non-hydrogen) atoms. The fraction of sp³-hybridized carbons (Fsp3) is 0. The minimum Gasteiger partial charge on any atom is -0.494 e. The van der Waals surface area contributed by atoms with Gasteiger partial charge in [0.25, 0.3) is 0 Å². The van der Waals surface area contributed by atoms with E-state index in [1.54, 1.807) is 12.1 Å². The van der Waals surface area contributed by atoms with Crippen molar-refractivity contribution in [3.63, 3.8) is 0 Å². The number of aromatic amines is 1. The summed E-state index contributed by atoms with van der Waals surface area (Å²) in [5.41, 5.74) is 1.24. The maximum Gasteiger partial charge on any atom is 0.196 e. The third kappa shape index (κ3) is 2.34. The Kier molecular flexibility index (Phi) is 3.47. The van der Waals surface area contributed by atoms with Crippen LogP contribution in [0.2, 0.25) is 5.02 Å². The SMILES string of the molecule is N=C/C(Cl)=C\c1c(O)[nH]c2cc(Cl)c(Br)cc12. The lowest BCUT2D eigenvalue weighted by Crippen LogP contribution is -1.75. The number of aromatic hydroxyl groups is 1. The molecule has 0 aliphatic rings. The Balaban J connectivity index is 2.75. The molecule has 1 heterocycles. The van der Waals surface area contributed by atoms with E-state index < -0.39 is 0 Å². The first-order chi connectivity index (χ1) is 8.02. The Morgan fingerprint density at radius 3 is 2.82 bits per heavy atom. The van der Waals surface area contributed by atoms with E-state index in [1.165, 1.54) is 6.08 Å². The zero-order chi connectivity index (χ0) is 12.6. The minimum atomic E-state index is -0.00540. The van der Waals surface area contributed by atoms with Gasteiger partial charge in [-0.3, -0.25) is 0 Å². The molecule has 0 amide bonds. The van der Waals surface area contributed by atoms with Gasteiger partial charge in [0, 0.05) is 21.6 Å². The Morgan fingerprint density at radius 1 is 1.47 bits per heavy atom. The average molecular weight is 334 g/mol. The van der Waals surface area contributed by atoms with E-state index in [9.17, 15) is 5.11 Å². The summed E-state index contributed by atoms with van der Waals surface area (Å²) >= 11 is 15.0. The summed E-state index contributed by atoms with van der Waals surface area (Å²) in [6, 6.07) is 3.49. The first-order valence-electron chi connectivity index (χ1n) is 4.60. The minimum absolute atomic E-state index is 0.00540. The highest BCUT2D eigenvalue weighted by molar-refractivity contribution is 9.10. The normalized spacial score (nSPS) is 12.1. The Labute approximate surface area is 116 Å². The number of aromatic nitrogens is 1. The van der Waals surface area contributed by atoms with Crippen LogP contribution in [0.3, 0.4) is 0 Å². The van der Waals surface area contributed by atoms with Gasteiger partial charge in [0.15, 0.2) is 5.88 Å². The molecule has 88 valence electrons. The molecule has 1 aromatic heterocycles. The van der Waals surface area contributed by atoms with E-state index >= 15 is 0 Å². The molecule has 0 saturated heterocycles. The van der Waals surface area contributed by atoms with Crippen LogP contribution < -0.4 is 0 Å². The van der Waals surface area contributed by atoms with Crippen LogP contribution in [0.5, 0.6) is 5.88 Å². The van der Waals surface area contributed by atoms with Crippen molar-refractivity contribution in [3.05, 3.63) is 32.2 Å². The number of rotatable bonds is 2. The standard InChI is InChI=1S/C11H7BrCl2N2O/c12-8-2-6-7(1-5(13)4-15)11(17)16-10(6)3-9(8)14/h1-4,15-17H/b5-1+,15-4?. The Morgan fingerprint density at radius 2 is 2.18 bits per heavy atom. The lowest BCUT2D eigenvalue weighted by Gasteiger charge is -1.97.